The molecule has 0 spiro atoms. The Labute approximate surface area is 164 Å². The Morgan fingerprint density at radius 2 is 2.14 bits per heavy atom. The molecule has 1 fully saturated rings. The molecule has 2 heterocycles. The first-order valence-corrected chi connectivity index (χ1v) is 9.32. The largest absolute Gasteiger partial charge is 0.444 e. The van der Waals surface area contributed by atoms with Crippen molar-refractivity contribution in [3.05, 3.63) is 53.7 Å². The Bertz CT molecular complexity index is 888. The van der Waals surface area contributed by atoms with Gasteiger partial charge in [-0.15, -0.1) is 10.2 Å². The van der Waals surface area contributed by atoms with Crippen LogP contribution < -0.4 is 5.32 Å². The second-order valence-corrected chi connectivity index (χ2v) is 8.12. The number of rotatable bonds is 5. The van der Waals surface area contributed by atoms with Gasteiger partial charge in [0.05, 0.1) is 11.4 Å². The third-order valence-electron chi connectivity index (χ3n) is 4.82. The predicted molar refractivity (Wildman–Crippen MR) is 105 cm³/mol. The van der Waals surface area contributed by atoms with Gasteiger partial charge in [0.2, 0.25) is 0 Å². The molecule has 1 saturated carbocycles. The number of hydrogen-bond donors (Lipinski definition) is 1. The molecule has 1 amide bonds. The Balaban J connectivity index is 1.92. The molecule has 7 heteroatoms. The second-order valence-electron chi connectivity index (χ2n) is 8.12. The first-order chi connectivity index (χ1) is 13.2. The Morgan fingerprint density at radius 3 is 2.71 bits per heavy atom. The average Bonchev–Trinajstić information content (AvgIpc) is 2.58. The van der Waals surface area contributed by atoms with E-state index in [1.807, 2.05) is 6.07 Å². The first-order valence-electron chi connectivity index (χ1n) is 9.32. The lowest BCUT2D eigenvalue weighted by atomic mass is 9.63. The zero-order valence-electron chi connectivity index (χ0n) is 16.5. The van der Waals surface area contributed by atoms with Crippen LogP contribution in [0.1, 0.15) is 57.0 Å². The van der Waals surface area contributed by atoms with Crippen molar-refractivity contribution in [1.29, 1.82) is 0 Å². The summed E-state index contributed by atoms with van der Waals surface area (Å²) in [6.45, 7) is 9.08. The molecule has 28 heavy (non-hydrogen) atoms. The first kappa shape index (κ1) is 19.9. The van der Waals surface area contributed by atoms with Gasteiger partial charge in [-0.2, -0.15) is 0 Å². The zero-order chi connectivity index (χ0) is 20.4. The van der Waals surface area contributed by atoms with Crippen molar-refractivity contribution in [3.63, 3.8) is 0 Å². The van der Waals surface area contributed by atoms with Crippen molar-refractivity contribution >= 4 is 18.0 Å². The monoisotopic (exact) mass is 384 g/mol. The number of nitrogens with one attached hydrogen (secondary N) is 1. The fraction of sp³-hybridized carbons (Fsp3) is 0.429. The van der Waals surface area contributed by atoms with Gasteiger partial charge in [0.1, 0.15) is 11.4 Å². The normalized spacial score (nSPS) is 15.4. The summed E-state index contributed by atoms with van der Waals surface area (Å²) in [6.07, 6.45) is 5.71. The lowest BCUT2D eigenvalue weighted by molar-refractivity contribution is 0.0634. The van der Waals surface area contributed by atoms with Gasteiger partial charge in [-0.3, -0.25) is 10.3 Å². The standard InChI is InChI=1S/C21H25FN4O2/c1-5-15-12-14(18(26-25-15)24-19(27)28-20(2,3)4)13-21(9-7-10-21)17-16(22)8-6-11-23-17/h5-6,8,11-12H,1,7,9-10,13H2,2-4H3,(H,24,26,27). The summed E-state index contributed by atoms with van der Waals surface area (Å²) in [7, 11) is 0. The molecule has 2 aromatic rings. The topological polar surface area (TPSA) is 77.0 Å². The molecular formula is C21H25FN4O2. The van der Waals surface area contributed by atoms with Crippen LogP contribution in [0.2, 0.25) is 0 Å². The van der Waals surface area contributed by atoms with Gasteiger partial charge in [-0.1, -0.05) is 13.0 Å². The van der Waals surface area contributed by atoms with Crippen LogP contribution in [0, 0.1) is 5.82 Å². The van der Waals surface area contributed by atoms with Gasteiger partial charge in [0.25, 0.3) is 0 Å². The number of nitrogens with zero attached hydrogens (tertiary/aromatic N) is 3. The molecule has 0 saturated heterocycles. The highest BCUT2D eigenvalue weighted by Crippen LogP contribution is 2.46. The molecule has 6 nitrogen and oxygen atoms in total. The van der Waals surface area contributed by atoms with E-state index in [2.05, 4.69) is 27.1 Å². The molecule has 0 bridgehead atoms. The second kappa shape index (κ2) is 7.66. The minimum atomic E-state index is -0.634. The van der Waals surface area contributed by atoms with E-state index in [1.54, 1.807) is 39.1 Å². The molecule has 2 aromatic heterocycles. The smallest absolute Gasteiger partial charge is 0.413 e. The summed E-state index contributed by atoms with van der Waals surface area (Å²) in [5.74, 6) is -0.00252. The molecule has 1 N–H and O–H groups in total. The summed E-state index contributed by atoms with van der Waals surface area (Å²) < 4.78 is 19.8. The van der Waals surface area contributed by atoms with Crippen molar-refractivity contribution in [3.8, 4) is 0 Å². The molecule has 0 aliphatic heterocycles. The van der Waals surface area contributed by atoms with Gasteiger partial charge in [-0.05, 0) is 64.3 Å². The van der Waals surface area contributed by atoms with E-state index in [0.29, 0.717) is 23.6 Å². The predicted octanol–water partition coefficient (Wildman–Crippen LogP) is 4.67. The summed E-state index contributed by atoms with van der Waals surface area (Å²) in [6, 6.07) is 4.83. The number of halogens is 1. The quantitative estimate of drug-likeness (QED) is 0.811. The van der Waals surface area contributed by atoms with E-state index in [4.69, 9.17) is 4.74 Å². The number of carbonyl (C=O) groups is 1. The van der Waals surface area contributed by atoms with Gasteiger partial charge < -0.3 is 4.74 Å². The molecule has 0 aromatic carbocycles. The van der Waals surface area contributed by atoms with E-state index in [1.165, 1.54) is 6.07 Å². The van der Waals surface area contributed by atoms with E-state index in [-0.39, 0.29) is 5.82 Å². The number of ether oxygens (including phenoxy) is 1. The Kier molecular flexibility index (Phi) is 5.45. The Hall–Kier alpha value is -2.83. The number of anilines is 1. The van der Waals surface area contributed by atoms with E-state index < -0.39 is 17.1 Å². The summed E-state index contributed by atoms with van der Waals surface area (Å²) in [5, 5.41) is 10.8. The summed E-state index contributed by atoms with van der Waals surface area (Å²) in [4.78, 5) is 16.5. The summed E-state index contributed by atoms with van der Waals surface area (Å²) >= 11 is 0. The van der Waals surface area contributed by atoms with Crippen LogP contribution in [0.5, 0.6) is 0 Å². The number of aromatic nitrogens is 3. The van der Waals surface area contributed by atoms with Crippen LogP contribution in [0.3, 0.4) is 0 Å². The molecule has 1 aliphatic carbocycles. The number of pyridine rings is 1. The summed E-state index contributed by atoms with van der Waals surface area (Å²) in [5.41, 5.74) is 0.741. The molecule has 0 radical (unpaired) electrons. The van der Waals surface area contributed by atoms with Crippen LogP contribution in [0.25, 0.3) is 6.08 Å². The highest BCUT2D eigenvalue weighted by Gasteiger charge is 2.42. The molecule has 0 unspecified atom stereocenters. The lowest BCUT2D eigenvalue weighted by Gasteiger charge is -2.42. The maximum Gasteiger partial charge on any atom is 0.413 e. The number of amides is 1. The van der Waals surface area contributed by atoms with E-state index >= 15 is 0 Å². The Morgan fingerprint density at radius 1 is 1.39 bits per heavy atom. The van der Waals surface area contributed by atoms with Crippen LogP contribution in [0.4, 0.5) is 15.0 Å². The molecule has 3 rings (SSSR count). The van der Waals surface area contributed by atoms with Crippen molar-refractivity contribution in [1.82, 2.24) is 15.2 Å². The fourth-order valence-electron chi connectivity index (χ4n) is 3.43. The van der Waals surface area contributed by atoms with Crippen molar-refractivity contribution in [2.75, 3.05) is 5.32 Å². The third kappa shape index (κ3) is 4.35. The average molecular weight is 384 g/mol. The number of carbonyl (C=O) groups excluding carboxylic acids is 1. The van der Waals surface area contributed by atoms with Crippen LogP contribution in [-0.2, 0) is 16.6 Å². The van der Waals surface area contributed by atoms with Crippen LogP contribution in [0.15, 0.2) is 31.0 Å². The molecule has 0 atom stereocenters. The van der Waals surface area contributed by atoms with E-state index in [0.717, 1.165) is 24.8 Å². The van der Waals surface area contributed by atoms with Crippen LogP contribution in [-0.4, -0.2) is 26.9 Å². The fourth-order valence-corrected chi connectivity index (χ4v) is 3.43. The molecule has 1 aliphatic rings. The van der Waals surface area contributed by atoms with Crippen molar-refractivity contribution in [2.45, 2.75) is 57.5 Å². The van der Waals surface area contributed by atoms with Crippen molar-refractivity contribution < 1.29 is 13.9 Å². The van der Waals surface area contributed by atoms with Gasteiger partial charge in [-0.25, -0.2) is 9.18 Å². The van der Waals surface area contributed by atoms with Gasteiger partial charge in [0, 0.05) is 17.2 Å². The van der Waals surface area contributed by atoms with Crippen LogP contribution >= 0.6 is 0 Å². The minimum absolute atomic E-state index is 0.308. The zero-order valence-corrected chi connectivity index (χ0v) is 16.5. The third-order valence-corrected chi connectivity index (χ3v) is 4.82. The van der Waals surface area contributed by atoms with Crippen molar-refractivity contribution in [2.24, 2.45) is 0 Å². The van der Waals surface area contributed by atoms with Gasteiger partial charge >= 0.3 is 6.09 Å². The molecular weight excluding hydrogens is 359 g/mol. The SMILES string of the molecule is C=Cc1cc(CC2(c3ncccc3F)CCC2)c(NC(=O)OC(C)(C)C)nn1. The minimum Gasteiger partial charge on any atom is -0.444 e. The maximum absolute atomic E-state index is 14.5. The van der Waals surface area contributed by atoms with Gasteiger partial charge in [0.15, 0.2) is 5.82 Å². The highest BCUT2D eigenvalue weighted by atomic mass is 19.1. The lowest BCUT2D eigenvalue weighted by Crippen LogP contribution is -2.39. The highest BCUT2D eigenvalue weighted by molar-refractivity contribution is 5.84. The molecule has 148 valence electrons. The number of hydrogen-bond acceptors (Lipinski definition) is 5. The van der Waals surface area contributed by atoms with E-state index in [9.17, 15) is 9.18 Å². The maximum atomic E-state index is 14.5.